The number of aliphatic hydroxyl groups is 1. The molecule has 1 unspecified atom stereocenters. The Morgan fingerprint density at radius 3 is 2.44 bits per heavy atom. The summed E-state index contributed by atoms with van der Waals surface area (Å²) in [6.07, 6.45) is 6.91. The van der Waals surface area contributed by atoms with Crippen LogP contribution < -0.4 is 0 Å². The van der Waals surface area contributed by atoms with E-state index in [0.717, 1.165) is 5.41 Å². The molecule has 0 heterocycles. The molecule has 1 nitrogen and oxygen atoms in total. The van der Waals surface area contributed by atoms with Crippen LogP contribution in [0.15, 0.2) is 0 Å². The molecule has 1 atom stereocenters. The molecule has 2 saturated carbocycles. The highest BCUT2D eigenvalue weighted by atomic mass is 16.3. The van der Waals surface area contributed by atoms with Gasteiger partial charge in [0, 0.05) is 6.61 Å². The summed E-state index contributed by atoms with van der Waals surface area (Å²) >= 11 is 0. The van der Waals surface area contributed by atoms with Gasteiger partial charge in [-0.2, -0.15) is 0 Å². The molecular formula is C8H14O. The monoisotopic (exact) mass is 126 g/mol. The minimum atomic E-state index is 0.432. The maximum atomic E-state index is 8.83. The molecule has 0 aromatic rings. The van der Waals surface area contributed by atoms with Crippen molar-refractivity contribution in [1.82, 2.24) is 0 Å². The third-order valence-electron chi connectivity index (χ3n) is 3.02. The third kappa shape index (κ3) is 0.877. The van der Waals surface area contributed by atoms with E-state index in [0.29, 0.717) is 12.5 Å². The summed E-state index contributed by atoms with van der Waals surface area (Å²) in [5.41, 5.74) is 0.757. The second kappa shape index (κ2) is 1.72. The zero-order valence-electron chi connectivity index (χ0n) is 5.77. The Morgan fingerprint density at radius 1 is 1.33 bits per heavy atom. The second-order valence-electron chi connectivity index (χ2n) is 3.79. The van der Waals surface area contributed by atoms with Crippen molar-refractivity contribution in [2.45, 2.75) is 32.1 Å². The normalized spacial score (nSPS) is 37.7. The van der Waals surface area contributed by atoms with E-state index in [1.165, 1.54) is 32.1 Å². The lowest BCUT2D eigenvalue weighted by atomic mass is 10.0. The lowest BCUT2D eigenvalue weighted by Gasteiger charge is -2.03. The average Bonchev–Trinajstić information content (AvgIpc) is 2.44. The molecule has 2 aliphatic rings. The summed E-state index contributed by atoms with van der Waals surface area (Å²) in [7, 11) is 0. The van der Waals surface area contributed by atoms with Crippen LogP contribution in [-0.2, 0) is 0 Å². The van der Waals surface area contributed by atoms with Gasteiger partial charge in [0.25, 0.3) is 0 Å². The van der Waals surface area contributed by atoms with E-state index >= 15 is 0 Å². The Kier molecular flexibility index (Phi) is 1.10. The van der Waals surface area contributed by atoms with Crippen LogP contribution in [0.1, 0.15) is 32.1 Å². The van der Waals surface area contributed by atoms with Gasteiger partial charge in [-0.15, -0.1) is 0 Å². The number of hydrogen-bond donors (Lipinski definition) is 1. The fourth-order valence-electron chi connectivity index (χ4n) is 2.11. The van der Waals surface area contributed by atoms with Crippen LogP contribution in [0.3, 0.4) is 0 Å². The maximum Gasteiger partial charge on any atom is 0.0459 e. The number of hydrogen-bond acceptors (Lipinski definition) is 1. The molecule has 9 heavy (non-hydrogen) atoms. The minimum Gasteiger partial charge on any atom is -0.396 e. The molecular weight excluding hydrogens is 112 g/mol. The van der Waals surface area contributed by atoms with Crippen LogP contribution in [0.25, 0.3) is 0 Å². The van der Waals surface area contributed by atoms with Gasteiger partial charge >= 0.3 is 0 Å². The predicted molar refractivity (Wildman–Crippen MR) is 36.1 cm³/mol. The van der Waals surface area contributed by atoms with E-state index in [9.17, 15) is 0 Å². The summed E-state index contributed by atoms with van der Waals surface area (Å²) in [6, 6.07) is 0. The Bertz CT molecular complexity index is 116. The fraction of sp³-hybridized carbons (Fsp3) is 1.00. The van der Waals surface area contributed by atoms with Crippen molar-refractivity contribution in [2.24, 2.45) is 11.3 Å². The number of rotatable bonds is 1. The van der Waals surface area contributed by atoms with Crippen molar-refractivity contribution in [3.05, 3.63) is 0 Å². The molecule has 2 rings (SSSR count). The molecule has 0 aromatic carbocycles. The summed E-state index contributed by atoms with van der Waals surface area (Å²) < 4.78 is 0. The zero-order chi connectivity index (χ0) is 6.32. The topological polar surface area (TPSA) is 20.2 Å². The van der Waals surface area contributed by atoms with E-state index in [1.54, 1.807) is 0 Å². The van der Waals surface area contributed by atoms with E-state index in [-0.39, 0.29) is 0 Å². The lowest BCUT2D eigenvalue weighted by molar-refractivity contribution is 0.225. The van der Waals surface area contributed by atoms with Gasteiger partial charge in [-0.1, -0.05) is 0 Å². The van der Waals surface area contributed by atoms with Gasteiger partial charge in [-0.3, -0.25) is 0 Å². The molecule has 0 bridgehead atoms. The molecule has 0 saturated heterocycles. The van der Waals surface area contributed by atoms with Gasteiger partial charge in [-0.25, -0.2) is 0 Å². The van der Waals surface area contributed by atoms with Crippen LogP contribution in [0.4, 0.5) is 0 Å². The van der Waals surface area contributed by atoms with Crippen molar-refractivity contribution >= 4 is 0 Å². The quantitative estimate of drug-likeness (QED) is 0.565. The fourth-order valence-corrected chi connectivity index (χ4v) is 2.11. The second-order valence-corrected chi connectivity index (χ2v) is 3.79. The Balaban J connectivity index is 1.93. The first kappa shape index (κ1) is 5.72. The highest BCUT2D eigenvalue weighted by Gasteiger charge is 2.47. The van der Waals surface area contributed by atoms with Crippen molar-refractivity contribution in [3.8, 4) is 0 Å². The average molecular weight is 126 g/mol. The minimum absolute atomic E-state index is 0.432. The Labute approximate surface area is 56.1 Å². The first-order chi connectivity index (χ1) is 4.35. The van der Waals surface area contributed by atoms with Gasteiger partial charge in [0.2, 0.25) is 0 Å². The first-order valence-corrected chi connectivity index (χ1v) is 3.96. The molecule has 0 aromatic heterocycles. The third-order valence-corrected chi connectivity index (χ3v) is 3.02. The van der Waals surface area contributed by atoms with Crippen molar-refractivity contribution in [3.63, 3.8) is 0 Å². The molecule has 2 aliphatic carbocycles. The van der Waals surface area contributed by atoms with Crippen molar-refractivity contribution < 1.29 is 5.11 Å². The number of aliphatic hydroxyl groups excluding tert-OH is 1. The first-order valence-electron chi connectivity index (χ1n) is 3.96. The standard InChI is InChI=1S/C8H14O/c9-6-7-1-2-8(5-7)3-4-8/h7,9H,1-6H2. The van der Waals surface area contributed by atoms with E-state index in [1.807, 2.05) is 0 Å². The van der Waals surface area contributed by atoms with Crippen LogP contribution in [0, 0.1) is 11.3 Å². The molecule has 1 N–H and O–H groups in total. The van der Waals surface area contributed by atoms with Gasteiger partial charge in [0.15, 0.2) is 0 Å². The van der Waals surface area contributed by atoms with Gasteiger partial charge in [0.05, 0.1) is 0 Å². The predicted octanol–water partition coefficient (Wildman–Crippen LogP) is 1.56. The molecule has 0 amide bonds. The van der Waals surface area contributed by atoms with E-state index in [2.05, 4.69) is 0 Å². The van der Waals surface area contributed by atoms with Crippen LogP contribution >= 0.6 is 0 Å². The van der Waals surface area contributed by atoms with Crippen molar-refractivity contribution in [2.75, 3.05) is 6.61 Å². The molecule has 52 valence electrons. The highest BCUT2D eigenvalue weighted by molar-refractivity contribution is 4.98. The summed E-state index contributed by atoms with van der Waals surface area (Å²) in [5, 5.41) is 8.83. The van der Waals surface area contributed by atoms with Gasteiger partial charge in [-0.05, 0) is 43.4 Å². The molecule has 1 spiro atoms. The van der Waals surface area contributed by atoms with E-state index < -0.39 is 0 Å². The summed E-state index contributed by atoms with van der Waals surface area (Å²) in [5.74, 6) is 0.660. The largest absolute Gasteiger partial charge is 0.396 e. The summed E-state index contributed by atoms with van der Waals surface area (Å²) in [6.45, 7) is 0.432. The van der Waals surface area contributed by atoms with Crippen LogP contribution in [-0.4, -0.2) is 11.7 Å². The van der Waals surface area contributed by atoms with Crippen molar-refractivity contribution in [1.29, 1.82) is 0 Å². The molecule has 0 aliphatic heterocycles. The maximum absolute atomic E-state index is 8.83. The van der Waals surface area contributed by atoms with Crippen LogP contribution in [0.2, 0.25) is 0 Å². The van der Waals surface area contributed by atoms with E-state index in [4.69, 9.17) is 5.11 Å². The molecule has 1 heteroatoms. The smallest absolute Gasteiger partial charge is 0.0459 e. The van der Waals surface area contributed by atoms with Gasteiger partial charge < -0.3 is 5.11 Å². The van der Waals surface area contributed by atoms with Gasteiger partial charge in [0.1, 0.15) is 0 Å². The Morgan fingerprint density at radius 2 is 2.11 bits per heavy atom. The molecule has 2 fully saturated rings. The summed E-state index contributed by atoms with van der Waals surface area (Å²) in [4.78, 5) is 0. The lowest BCUT2D eigenvalue weighted by Crippen LogP contribution is -2.00. The highest BCUT2D eigenvalue weighted by Crippen LogP contribution is 2.59. The molecule has 0 radical (unpaired) electrons. The zero-order valence-corrected chi connectivity index (χ0v) is 5.77. The van der Waals surface area contributed by atoms with Crippen LogP contribution in [0.5, 0.6) is 0 Å². The Hall–Kier alpha value is -0.0400. The SMILES string of the molecule is OCC1CCC2(CC2)C1.